The summed E-state index contributed by atoms with van der Waals surface area (Å²) in [6.45, 7) is 1.66. The molecule has 2 aromatic rings. The molecule has 1 aromatic carbocycles. The molecule has 1 fully saturated rings. The van der Waals surface area contributed by atoms with Crippen molar-refractivity contribution in [2.45, 2.75) is 32.2 Å². The Morgan fingerprint density at radius 3 is 2.56 bits per heavy atom. The molecule has 2 amide bonds. The number of nitrogens with one attached hydrogen (secondary N) is 2. The molecule has 0 spiro atoms. The molecule has 0 unspecified atom stereocenters. The van der Waals surface area contributed by atoms with Crippen molar-refractivity contribution in [3.05, 3.63) is 24.3 Å². The van der Waals surface area contributed by atoms with Crippen molar-refractivity contribution in [3.8, 4) is 16.3 Å². The average Bonchev–Trinajstić information content (AvgIpc) is 3.01. The summed E-state index contributed by atoms with van der Waals surface area (Å²) in [5.41, 5.74) is 0.894. The van der Waals surface area contributed by atoms with E-state index in [1.165, 1.54) is 11.3 Å². The van der Waals surface area contributed by atoms with Gasteiger partial charge in [0.1, 0.15) is 16.8 Å². The molecule has 1 aliphatic rings. The van der Waals surface area contributed by atoms with Gasteiger partial charge in [-0.25, -0.2) is 0 Å². The lowest BCUT2D eigenvalue weighted by Gasteiger charge is -2.25. The molecular formula is C17H20N4O3S. The van der Waals surface area contributed by atoms with E-state index >= 15 is 0 Å². The Labute approximate surface area is 149 Å². The second-order valence-electron chi connectivity index (χ2n) is 5.99. The van der Waals surface area contributed by atoms with E-state index < -0.39 is 6.04 Å². The van der Waals surface area contributed by atoms with Crippen LogP contribution in [0.2, 0.25) is 0 Å². The SMILES string of the molecule is COc1ccc(-c2nnc(NC(=O)[C@@H](C)NC(=O)C3CCC3)s2)cc1. The van der Waals surface area contributed by atoms with Crippen LogP contribution in [0.3, 0.4) is 0 Å². The van der Waals surface area contributed by atoms with E-state index in [1.54, 1.807) is 14.0 Å². The first-order valence-corrected chi connectivity index (χ1v) is 8.97. The number of amides is 2. The summed E-state index contributed by atoms with van der Waals surface area (Å²) in [6, 6.07) is 6.83. The Morgan fingerprint density at radius 1 is 1.24 bits per heavy atom. The molecular weight excluding hydrogens is 340 g/mol. The van der Waals surface area contributed by atoms with Crippen molar-refractivity contribution in [3.63, 3.8) is 0 Å². The molecule has 3 rings (SSSR count). The summed E-state index contributed by atoms with van der Waals surface area (Å²) >= 11 is 1.28. The van der Waals surface area contributed by atoms with Crippen LogP contribution in [-0.4, -0.2) is 35.2 Å². The van der Waals surface area contributed by atoms with E-state index in [0.29, 0.717) is 10.1 Å². The highest BCUT2D eigenvalue weighted by atomic mass is 32.1. The normalized spacial score (nSPS) is 15.1. The summed E-state index contributed by atoms with van der Waals surface area (Å²) < 4.78 is 5.13. The van der Waals surface area contributed by atoms with Crippen molar-refractivity contribution < 1.29 is 14.3 Å². The van der Waals surface area contributed by atoms with Gasteiger partial charge in [-0.2, -0.15) is 0 Å². The fourth-order valence-corrected chi connectivity index (χ4v) is 3.16. The minimum atomic E-state index is -0.610. The number of methoxy groups -OCH3 is 1. The monoisotopic (exact) mass is 360 g/mol. The first-order chi connectivity index (χ1) is 12.1. The third-order valence-corrected chi connectivity index (χ3v) is 5.11. The Kier molecular flexibility index (Phi) is 5.28. The van der Waals surface area contributed by atoms with Gasteiger partial charge in [0.2, 0.25) is 16.9 Å². The van der Waals surface area contributed by atoms with Crippen LogP contribution in [0.1, 0.15) is 26.2 Å². The van der Waals surface area contributed by atoms with Crippen molar-refractivity contribution in [1.82, 2.24) is 15.5 Å². The largest absolute Gasteiger partial charge is 0.497 e. The molecule has 1 heterocycles. The van der Waals surface area contributed by atoms with Gasteiger partial charge in [-0.15, -0.1) is 10.2 Å². The molecule has 0 saturated heterocycles. The van der Waals surface area contributed by atoms with Gasteiger partial charge < -0.3 is 10.1 Å². The van der Waals surface area contributed by atoms with Crippen LogP contribution >= 0.6 is 11.3 Å². The zero-order valence-electron chi connectivity index (χ0n) is 14.1. The molecule has 7 nitrogen and oxygen atoms in total. The van der Waals surface area contributed by atoms with Crippen LogP contribution in [0.4, 0.5) is 5.13 Å². The smallest absolute Gasteiger partial charge is 0.248 e. The number of ether oxygens (including phenoxy) is 1. The highest BCUT2D eigenvalue weighted by Crippen LogP contribution is 2.28. The van der Waals surface area contributed by atoms with E-state index in [0.717, 1.165) is 30.6 Å². The second-order valence-corrected chi connectivity index (χ2v) is 6.97. The van der Waals surface area contributed by atoms with Crippen LogP contribution in [0.5, 0.6) is 5.75 Å². The third kappa shape index (κ3) is 4.14. The van der Waals surface area contributed by atoms with E-state index in [-0.39, 0.29) is 17.7 Å². The number of anilines is 1. The maximum absolute atomic E-state index is 12.2. The minimum absolute atomic E-state index is 0.0508. The molecule has 1 atom stereocenters. The van der Waals surface area contributed by atoms with Crippen LogP contribution < -0.4 is 15.4 Å². The molecule has 0 bridgehead atoms. The first-order valence-electron chi connectivity index (χ1n) is 8.16. The molecule has 8 heteroatoms. The number of carbonyl (C=O) groups is 2. The predicted molar refractivity (Wildman–Crippen MR) is 95.5 cm³/mol. The van der Waals surface area contributed by atoms with Gasteiger partial charge in [0.15, 0.2) is 0 Å². The maximum Gasteiger partial charge on any atom is 0.248 e. The summed E-state index contributed by atoms with van der Waals surface area (Å²) in [5, 5.41) is 14.6. The number of aromatic nitrogens is 2. The van der Waals surface area contributed by atoms with Gasteiger partial charge in [0, 0.05) is 11.5 Å². The van der Waals surface area contributed by atoms with Crippen LogP contribution in [0.15, 0.2) is 24.3 Å². The van der Waals surface area contributed by atoms with Gasteiger partial charge in [-0.05, 0) is 44.0 Å². The predicted octanol–water partition coefficient (Wildman–Crippen LogP) is 2.46. The number of hydrogen-bond acceptors (Lipinski definition) is 6. The Bertz CT molecular complexity index is 756. The lowest BCUT2D eigenvalue weighted by Crippen LogP contribution is -2.45. The third-order valence-electron chi connectivity index (χ3n) is 4.22. The fourth-order valence-electron chi connectivity index (χ4n) is 2.40. The number of benzene rings is 1. The standard InChI is InChI=1S/C17H20N4O3S/c1-10(18-15(23)11-4-3-5-11)14(22)19-17-21-20-16(25-17)12-6-8-13(24-2)9-7-12/h6-11H,3-5H2,1-2H3,(H,18,23)(H,19,21,22)/t10-/m1/s1. The zero-order chi connectivity index (χ0) is 17.8. The summed E-state index contributed by atoms with van der Waals surface area (Å²) in [4.78, 5) is 24.1. The highest BCUT2D eigenvalue weighted by Gasteiger charge is 2.27. The van der Waals surface area contributed by atoms with Crippen molar-refractivity contribution in [1.29, 1.82) is 0 Å². The van der Waals surface area contributed by atoms with Crippen LogP contribution in [0.25, 0.3) is 10.6 Å². The van der Waals surface area contributed by atoms with Crippen molar-refractivity contribution in [2.24, 2.45) is 5.92 Å². The lowest BCUT2D eigenvalue weighted by atomic mass is 9.84. The van der Waals surface area contributed by atoms with E-state index in [4.69, 9.17) is 4.74 Å². The van der Waals surface area contributed by atoms with E-state index in [2.05, 4.69) is 20.8 Å². The van der Waals surface area contributed by atoms with Gasteiger partial charge >= 0.3 is 0 Å². The molecule has 0 radical (unpaired) electrons. The topological polar surface area (TPSA) is 93.2 Å². The number of hydrogen-bond donors (Lipinski definition) is 2. The van der Waals surface area contributed by atoms with Gasteiger partial charge in [0.05, 0.1) is 7.11 Å². The zero-order valence-corrected chi connectivity index (χ0v) is 14.9. The maximum atomic E-state index is 12.2. The van der Waals surface area contributed by atoms with Crippen LogP contribution in [0, 0.1) is 5.92 Å². The van der Waals surface area contributed by atoms with Gasteiger partial charge in [-0.3, -0.25) is 14.9 Å². The summed E-state index contributed by atoms with van der Waals surface area (Å²) in [5.74, 6) is 0.464. The number of nitrogens with zero attached hydrogens (tertiary/aromatic N) is 2. The average molecular weight is 360 g/mol. The minimum Gasteiger partial charge on any atom is -0.497 e. The van der Waals surface area contributed by atoms with E-state index in [1.807, 2.05) is 24.3 Å². The van der Waals surface area contributed by atoms with Crippen molar-refractivity contribution >= 4 is 28.3 Å². The van der Waals surface area contributed by atoms with E-state index in [9.17, 15) is 9.59 Å². The summed E-state index contributed by atoms with van der Waals surface area (Å²) in [7, 11) is 1.61. The quantitative estimate of drug-likeness (QED) is 0.825. The molecule has 1 saturated carbocycles. The summed E-state index contributed by atoms with van der Waals surface area (Å²) in [6.07, 6.45) is 2.89. The van der Waals surface area contributed by atoms with Crippen molar-refractivity contribution in [2.75, 3.05) is 12.4 Å². The molecule has 1 aliphatic carbocycles. The Balaban J connectivity index is 1.58. The molecule has 2 N–H and O–H groups in total. The Morgan fingerprint density at radius 2 is 1.96 bits per heavy atom. The van der Waals surface area contributed by atoms with Crippen LogP contribution in [-0.2, 0) is 9.59 Å². The lowest BCUT2D eigenvalue weighted by molar-refractivity contribution is -0.130. The number of rotatable bonds is 6. The highest BCUT2D eigenvalue weighted by molar-refractivity contribution is 7.18. The van der Waals surface area contributed by atoms with Gasteiger partial charge in [-0.1, -0.05) is 17.8 Å². The Hall–Kier alpha value is -2.48. The second kappa shape index (κ2) is 7.60. The van der Waals surface area contributed by atoms with Gasteiger partial charge in [0.25, 0.3) is 0 Å². The fraction of sp³-hybridized carbons (Fsp3) is 0.412. The molecule has 25 heavy (non-hydrogen) atoms. The molecule has 1 aromatic heterocycles. The number of carbonyl (C=O) groups excluding carboxylic acids is 2. The first kappa shape index (κ1) is 17.3. The molecule has 132 valence electrons. The molecule has 0 aliphatic heterocycles.